The summed E-state index contributed by atoms with van der Waals surface area (Å²) in [7, 11) is 1.61. The van der Waals surface area contributed by atoms with E-state index in [1.165, 1.54) is 6.33 Å². The highest BCUT2D eigenvalue weighted by Crippen LogP contribution is 2.21. The van der Waals surface area contributed by atoms with Crippen molar-refractivity contribution in [3.8, 4) is 5.75 Å². The van der Waals surface area contributed by atoms with Gasteiger partial charge in [-0.3, -0.25) is 4.79 Å². The summed E-state index contributed by atoms with van der Waals surface area (Å²) in [4.78, 5) is 20.7. The largest absolute Gasteiger partial charge is 0.497 e. The maximum Gasteiger partial charge on any atom is 0.274 e. The van der Waals surface area contributed by atoms with Crippen LogP contribution in [-0.4, -0.2) is 23.0 Å². The fourth-order valence-corrected chi connectivity index (χ4v) is 2.54. The Hall–Kier alpha value is -3.41. The van der Waals surface area contributed by atoms with Crippen molar-refractivity contribution in [2.24, 2.45) is 0 Å². The van der Waals surface area contributed by atoms with Crippen LogP contribution in [0.3, 0.4) is 0 Å². The average molecular weight is 348 g/mol. The zero-order valence-electron chi connectivity index (χ0n) is 14.9. The summed E-state index contributed by atoms with van der Waals surface area (Å²) in [5, 5.41) is 6.03. The number of benzene rings is 2. The minimum Gasteiger partial charge on any atom is -0.497 e. The molecule has 0 saturated carbocycles. The first-order valence-corrected chi connectivity index (χ1v) is 8.17. The number of hydrogen-bond donors (Lipinski definition) is 2. The maximum absolute atomic E-state index is 12.5. The Morgan fingerprint density at radius 1 is 1.04 bits per heavy atom. The predicted octanol–water partition coefficient (Wildman–Crippen LogP) is 4.10. The van der Waals surface area contributed by atoms with Gasteiger partial charge in [-0.25, -0.2) is 9.97 Å². The molecule has 3 aromatic rings. The summed E-state index contributed by atoms with van der Waals surface area (Å²) in [5.41, 5.74) is 4.00. The second kappa shape index (κ2) is 7.65. The van der Waals surface area contributed by atoms with E-state index >= 15 is 0 Å². The van der Waals surface area contributed by atoms with Crippen LogP contribution in [0, 0.1) is 13.8 Å². The smallest absolute Gasteiger partial charge is 0.274 e. The van der Waals surface area contributed by atoms with Crippen molar-refractivity contribution in [2.75, 3.05) is 17.7 Å². The average Bonchev–Trinajstić information content (AvgIpc) is 2.64. The van der Waals surface area contributed by atoms with E-state index < -0.39 is 0 Å². The van der Waals surface area contributed by atoms with E-state index in [-0.39, 0.29) is 11.6 Å². The van der Waals surface area contributed by atoms with Gasteiger partial charge < -0.3 is 15.4 Å². The summed E-state index contributed by atoms with van der Waals surface area (Å²) in [6.07, 6.45) is 1.36. The molecule has 0 fully saturated rings. The molecule has 0 atom stereocenters. The van der Waals surface area contributed by atoms with Gasteiger partial charge in [-0.2, -0.15) is 0 Å². The lowest BCUT2D eigenvalue weighted by atomic mass is 10.1. The lowest BCUT2D eigenvalue weighted by Gasteiger charge is -2.10. The molecule has 6 nitrogen and oxygen atoms in total. The molecule has 0 unspecified atom stereocenters. The molecule has 0 saturated heterocycles. The lowest BCUT2D eigenvalue weighted by Crippen LogP contribution is -2.15. The van der Waals surface area contributed by atoms with E-state index in [1.54, 1.807) is 13.2 Å². The number of ether oxygens (including phenoxy) is 1. The van der Waals surface area contributed by atoms with Gasteiger partial charge >= 0.3 is 0 Å². The number of nitrogens with one attached hydrogen (secondary N) is 2. The minimum atomic E-state index is -0.284. The van der Waals surface area contributed by atoms with Crippen molar-refractivity contribution in [1.82, 2.24) is 9.97 Å². The highest BCUT2D eigenvalue weighted by atomic mass is 16.5. The van der Waals surface area contributed by atoms with E-state index in [9.17, 15) is 4.79 Å². The number of hydrogen-bond acceptors (Lipinski definition) is 5. The standard InChI is InChI=1S/C20H20N4O2/c1-13-7-8-17(14(2)9-13)24-20(25)18-11-19(22-12-21-18)23-15-5-4-6-16(10-15)26-3/h4-12H,1-3H3,(H,24,25)(H,21,22,23). The summed E-state index contributed by atoms with van der Waals surface area (Å²) in [5.74, 6) is 0.976. The van der Waals surface area contributed by atoms with Gasteiger partial charge in [0.2, 0.25) is 0 Å². The fraction of sp³-hybridized carbons (Fsp3) is 0.150. The van der Waals surface area contributed by atoms with Gasteiger partial charge in [0.25, 0.3) is 5.91 Å². The zero-order chi connectivity index (χ0) is 18.5. The topological polar surface area (TPSA) is 76.1 Å². The number of aryl methyl sites for hydroxylation is 2. The SMILES string of the molecule is COc1cccc(Nc2cc(C(=O)Nc3ccc(C)cc3C)ncn2)c1. The van der Waals surface area contributed by atoms with Gasteiger partial charge in [0.1, 0.15) is 23.6 Å². The van der Waals surface area contributed by atoms with Crippen LogP contribution in [0.1, 0.15) is 21.6 Å². The molecule has 0 radical (unpaired) electrons. The minimum absolute atomic E-state index is 0.283. The van der Waals surface area contributed by atoms with Gasteiger partial charge in [0.05, 0.1) is 7.11 Å². The number of methoxy groups -OCH3 is 1. The second-order valence-electron chi connectivity index (χ2n) is 5.92. The molecule has 1 aromatic heterocycles. The number of aromatic nitrogens is 2. The quantitative estimate of drug-likeness (QED) is 0.726. The van der Waals surface area contributed by atoms with Gasteiger partial charge in [-0.05, 0) is 37.6 Å². The Morgan fingerprint density at radius 3 is 2.65 bits per heavy atom. The van der Waals surface area contributed by atoms with E-state index in [1.807, 2.05) is 56.3 Å². The van der Waals surface area contributed by atoms with Crippen LogP contribution in [0.2, 0.25) is 0 Å². The van der Waals surface area contributed by atoms with Crippen molar-refractivity contribution < 1.29 is 9.53 Å². The molecule has 3 rings (SSSR count). The molecule has 0 aliphatic carbocycles. The van der Waals surface area contributed by atoms with Crippen molar-refractivity contribution in [1.29, 1.82) is 0 Å². The number of carbonyl (C=O) groups is 1. The molecule has 6 heteroatoms. The second-order valence-corrected chi connectivity index (χ2v) is 5.92. The third-order valence-electron chi connectivity index (χ3n) is 3.87. The lowest BCUT2D eigenvalue weighted by molar-refractivity contribution is 0.102. The zero-order valence-corrected chi connectivity index (χ0v) is 14.9. The third kappa shape index (κ3) is 4.16. The Balaban J connectivity index is 1.76. The van der Waals surface area contributed by atoms with E-state index in [4.69, 9.17) is 4.74 Å². The van der Waals surface area contributed by atoms with E-state index in [2.05, 4.69) is 20.6 Å². The molecule has 2 aromatic carbocycles. The Labute approximate surface area is 152 Å². The van der Waals surface area contributed by atoms with Crippen LogP contribution < -0.4 is 15.4 Å². The van der Waals surface area contributed by atoms with Crippen molar-refractivity contribution in [3.63, 3.8) is 0 Å². The van der Waals surface area contributed by atoms with Crippen LogP contribution in [0.5, 0.6) is 5.75 Å². The first-order valence-electron chi connectivity index (χ1n) is 8.17. The van der Waals surface area contributed by atoms with E-state index in [0.717, 1.165) is 28.3 Å². The molecule has 0 spiro atoms. The maximum atomic E-state index is 12.5. The van der Waals surface area contributed by atoms with Crippen LogP contribution in [0.4, 0.5) is 17.2 Å². The first-order chi connectivity index (χ1) is 12.5. The normalized spacial score (nSPS) is 10.3. The fourth-order valence-electron chi connectivity index (χ4n) is 2.54. The van der Waals surface area contributed by atoms with Gasteiger partial charge in [0, 0.05) is 23.5 Å². The van der Waals surface area contributed by atoms with E-state index in [0.29, 0.717) is 5.82 Å². The third-order valence-corrected chi connectivity index (χ3v) is 3.87. The molecular formula is C20H20N4O2. The van der Waals surface area contributed by atoms with Crippen LogP contribution in [0.25, 0.3) is 0 Å². The number of rotatable bonds is 5. The molecule has 0 aliphatic rings. The molecular weight excluding hydrogens is 328 g/mol. The molecule has 0 aliphatic heterocycles. The molecule has 26 heavy (non-hydrogen) atoms. The molecule has 1 amide bonds. The first kappa shape index (κ1) is 17.4. The highest BCUT2D eigenvalue weighted by molar-refractivity contribution is 6.03. The van der Waals surface area contributed by atoms with Gasteiger partial charge in [0.15, 0.2) is 0 Å². The molecule has 132 valence electrons. The number of nitrogens with zero attached hydrogens (tertiary/aromatic N) is 2. The van der Waals surface area contributed by atoms with Crippen molar-refractivity contribution >= 4 is 23.1 Å². The Morgan fingerprint density at radius 2 is 1.88 bits per heavy atom. The van der Waals surface area contributed by atoms with Crippen LogP contribution in [-0.2, 0) is 0 Å². The molecule has 0 bridgehead atoms. The van der Waals surface area contributed by atoms with Gasteiger partial charge in [-0.1, -0.05) is 23.8 Å². The summed E-state index contributed by atoms with van der Waals surface area (Å²) in [6.45, 7) is 3.97. The number of amides is 1. The predicted molar refractivity (Wildman–Crippen MR) is 102 cm³/mol. The van der Waals surface area contributed by atoms with Gasteiger partial charge in [-0.15, -0.1) is 0 Å². The summed E-state index contributed by atoms with van der Waals surface area (Å²) in [6, 6.07) is 14.9. The molecule has 2 N–H and O–H groups in total. The monoisotopic (exact) mass is 348 g/mol. The number of anilines is 3. The molecule has 1 heterocycles. The number of carbonyl (C=O) groups excluding carboxylic acids is 1. The van der Waals surface area contributed by atoms with Crippen LogP contribution in [0.15, 0.2) is 54.9 Å². The Kier molecular flexibility index (Phi) is 5.12. The Bertz CT molecular complexity index is 941. The summed E-state index contributed by atoms with van der Waals surface area (Å²) >= 11 is 0. The summed E-state index contributed by atoms with van der Waals surface area (Å²) < 4.78 is 5.20. The van der Waals surface area contributed by atoms with Crippen molar-refractivity contribution in [2.45, 2.75) is 13.8 Å². The van der Waals surface area contributed by atoms with Crippen molar-refractivity contribution in [3.05, 3.63) is 71.7 Å². The highest BCUT2D eigenvalue weighted by Gasteiger charge is 2.11. The van der Waals surface area contributed by atoms with Crippen LogP contribution >= 0.6 is 0 Å².